The highest BCUT2D eigenvalue weighted by Crippen LogP contribution is 2.29. The van der Waals surface area contributed by atoms with Crippen LogP contribution >= 0.6 is 0 Å². The number of rotatable bonds is 5. The first-order valence-electron chi connectivity index (χ1n) is 7.05. The molecule has 0 radical (unpaired) electrons. The number of hydrogen-bond acceptors (Lipinski definition) is 3. The van der Waals surface area contributed by atoms with Gasteiger partial charge in [-0.3, -0.25) is 4.79 Å². The number of benzene rings is 1. The van der Waals surface area contributed by atoms with Gasteiger partial charge in [0.2, 0.25) is 0 Å². The Morgan fingerprint density at radius 2 is 1.90 bits per heavy atom. The van der Waals surface area contributed by atoms with Crippen molar-refractivity contribution in [2.75, 3.05) is 0 Å². The quantitative estimate of drug-likeness (QED) is 0.918. The molecule has 1 N–H and O–H groups in total. The molecule has 1 heterocycles. The zero-order valence-electron chi connectivity index (χ0n) is 12.9. The van der Waals surface area contributed by atoms with Gasteiger partial charge in [0.05, 0.1) is 5.41 Å². The van der Waals surface area contributed by atoms with Crippen LogP contribution in [0, 0.1) is 6.92 Å². The molecule has 5 heteroatoms. The molecule has 0 spiro atoms. The minimum absolute atomic E-state index is 0.198. The van der Waals surface area contributed by atoms with E-state index in [-0.39, 0.29) is 6.04 Å². The van der Waals surface area contributed by atoms with Crippen LogP contribution in [0.5, 0.6) is 0 Å². The molecule has 0 aliphatic carbocycles. The number of aliphatic carboxylic acids is 1. The van der Waals surface area contributed by atoms with Crippen LogP contribution in [-0.4, -0.2) is 25.8 Å². The molecule has 0 fully saturated rings. The number of carboxylic acid groups (broad SMARTS) is 1. The van der Waals surface area contributed by atoms with Gasteiger partial charge < -0.3 is 9.67 Å². The fraction of sp³-hybridized carbons (Fsp3) is 0.438. The van der Waals surface area contributed by atoms with E-state index in [9.17, 15) is 9.90 Å². The van der Waals surface area contributed by atoms with Gasteiger partial charge >= 0.3 is 5.97 Å². The summed E-state index contributed by atoms with van der Waals surface area (Å²) in [5.74, 6) is 0.654. The first-order chi connectivity index (χ1) is 9.86. The molecule has 0 saturated carbocycles. The largest absolute Gasteiger partial charge is 0.481 e. The summed E-state index contributed by atoms with van der Waals surface area (Å²) in [6.45, 7) is 7.71. The number of nitrogens with zero attached hydrogens (tertiary/aromatic N) is 3. The van der Waals surface area contributed by atoms with E-state index in [2.05, 4.69) is 10.2 Å². The lowest BCUT2D eigenvalue weighted by Crippen LogP contribution is -2.36. The number of carboxylic acids is 1. The average Bonchev–Trinajstić information content (AvgIpc) is 2.80. The first-order valence-corrected chi connectivity index (χ1v) is 7.05. The van der Waals surface area contributed by atoms with Crippen LogP contribution in [0.4, 0.5) is 0 Å². The van der Waals surface area contributed by atoms with Crippen LogP contribution in [0.25, 0.3) is 0 Å². The van der Waals surface area contributed by atoms with Gasteiger partial charge in [0.15, 0.2) is 0 Å². The van der Waals surface area contributed by atoms with Crippen LogP contribution in [-0.2, 0) is 16.6 Å². The van der Waals surface area contributed by atoms with E-state index in [1.807, 2.05) is 55.7 Å². The lowest BCUT2D eigenvalue weighted by Gasteiger charge is -2.26. The maximum absolute atomic E-state index is 11.9. The van der Waals surface area contributed by atoms with Crippen molar-refractivity contribution in [3.8, 4) is 0 Å². The molecular weight excluding hydrogens is 266 g/mol. The Morgan fingerprint density at radius 1 is 1.29 bits per heavy atom. The fourth-order valence-corrected chi connectivity index (χ4v) is 2.63. The van der Waals surface area contributed by atoms with Gasteiger partial charge in [-0.15, -0.1) is 10.2 Å². The molecule has 1 aromatic heterocycles. The zero-order valence-corrected chi connectivity index (χ0v) is 12.9. The summed E-state index contributed by atoms with van der Waals surface area (Å²) in [5.41, 5.74) is -0.249. The molecule has 2 aromatic rings. The Morgan fingerprint density at radius 3 is 2.43 bits per heavy atom. The summed E-state index contributed by atoms with van der Waals surface area (Å²) in [6.07, 6.45) is 0.311. The van der Waals surface area contributed by atoms with Crippen LogP contribution in [0.2, 0.25) is 0 Å². The van der Waals surface area contributed by atoms with Gasteiger partial charge in [0.1, 0.15) is 11.6 Å². The summed E-state index contributed by atoms with van der Waals surface area (Å²) in [6, 6.07) is 9.48. The third-order valence-corrected chi connectivity index (χ3v) is 3.85. The van der Waals surface area contributed by atoms with Crippen molar-refractivity contribution < 1.29 is 9.90 Å². The summed E-state index contributed by atoms with van der Waals surface area (Å²) >= 11 is 0. The molecule has 0 saturated heterocycles. The van der Waals surface area contributed by atoms with Crippen molar-refractivity contribution >= 4 is 5.97 Å². The Labute approximate surface area is 124 Å². The minimum atomic E-state index is -1.02. The molecule has 0 amide bonds. The van der Waals surface area contributed by atoms with Gasteiger partial charge in [0, 0.05) is 12.5 Å². The first kappa shape index (κ1) is 15.2. The van der Waals surface area contributed by atoms with Crippen molar-refractivity contribution in [3.63, 3.8) is 0 Å². The smallest absolute Gasteiger partial charge is 0.314 e. The zero-order chi connectivity index (χ0) is 15.6. The molecular formula is C16H21N3O2. The van der Waals surface area contributed by atoms with Crippen LogP contribution in [0.1, 0.15) is 44.0 Å². The Bertz CT molecular complexity index is 634. The maximum atomic E-state index is 11.9. The number of hydrogen-bond donors (Lipinski definition) is 1. The van der Waals surface area contributed by atoms with E-state index in [0.717, 1.165) is 11.4 Å². The lowest BCUT2D eigenvalue weighted by atomic mass is 9.79. The van der Waals surface area contributed by atoms with Gasteiger partial charge in [-0.05, 0) is 33.3 Å². The Kier molecular flexibility index (Phi) is 4.11. The second kappa shape index (κ2) is 5.68. The summed E-state index contributed by atoms with van der Waals surface area (Å²) in [7, 11) is 0. The molecule has 5 nitrogen and oxygen atoms in total. The molecule has 112 valence electrons. The van der Waals surface area contributed by atoms with E-state index in [1.165, 1.54) is 0 Å². The molecule has 1 unspecified atom stereocenters. The van der Waals surface area contributed by atoms with Gasteiger partial charge in [0.25, 0.3) is 0 Å². The standard InChI is InChI=1S/C16H21N3O2/c1-11(2)19-12(3)17-18-14(19)10-16(4,15(20)21)13-8-6-5-7-9-13/h5-9,11H,10H2,1-4H3,(H,20,21). The van der Waals surface area contributed by atoms with Crippen molar-refractivity contribution in [1.29, 1.82) is 0 Å². The van der Waals surface area contributed by atoms with Crippen LogP contribution in [0.3, 0.4) is 0 Å². The molecule has 0 aliphatic heterocycles. The molecule has 0 aliphatic rings. The fourth-order valence-electron chi connectivity index (χ4n) is 2.63. The van der Waals surface area contributed by atoms with Crippen molar-refractivity contribution in [3.05, 3.63) is 47.5 Å². The number of aryl methyl sites for hydroxylation is 1. The predicted molar refractivity (Wildman–Crippen MR) is 80.3 cm³/mol. The lowest BCUT2D eigenvalue weighted by molar-refractivity contribution is -0.143. The summed E-state index contributed by atoms with van der Waals surface area (Å²) in [5, 5.41) is 18.0. The van der Waals surface area contributed by atoms with Crippen LogP contribution < -0.4 is 0 Å². The molecule has 21 heavy (non-hydrogen) atoms. The summed E-state index contributed by atoms with van der Waals surface area (Å²) < 4.78 is 1.99. The minimum Gasteiger partial charge on any atom is -0.481 e. The van der Waals surface area contributed by atoms with E-state index >= 15 is 0 Å². The SMILES string of the molecule is Cc1nnc(CC(C)(C(=O)O)c2ccccc2)n1C(C)C. The van der Waals surface area contributed by atoms with E-state index in [0.29, 0.717) is 12.2 Å². The number of aromatic nitrogens is 3. The van der Waals surface area contributed by atoms with Gasteiger partial charge in [-0.1, -0.05) is 30.3 Å². The van der Waals surface area contributed by atoms with Crippen molar-refractivity contribution in [1.82, 2.24) is 14.8 Å². The molecule has 1 atom stereocenters. The van der Waals surface area contributed by atoms with Crippen molar-refractivity contribution in [2.45, 2.75) is 45.6 Å². The molecule has 0 bridgehead atoms. The van der Waals surface area contributed by atoms with Crippen molar-refractivity contribution in [2.24, 2.45) is 0 Å². The average molecular weight is 287 g/mol. The van der Waals surface area contributed by atoms with E-state index in [1.54, 1.807) is 6.92 Å². The van der Waals surface area contributed by atoms with E-state index < -0.39 is 11.4 Å². The monoisotopic (exact) mass is 287 g/mol. The Balaban J connectivity index is 2.45. The highest BCUT2D eigenvalue weighted by atomic mass is 16.4. The molecule has 2 rings (SSSR count). The highest BCUT2D eigenvalue weighted by molar-refractivity contribution is 5.81. The van der Waals surface area contributed by atoms with Gasteiger partial charge in [-0.2, -0.15) is 0 Å². The normalized spacial score (nSPS) is 14.1. The predicted octanol–water partition coefficient (Wildman–Crippen LogP) is 2.75. The number of carbonyl (C=O) groups is 1. The Hall–Kier alpha value is -2.17. The third-order valence-electron chi connectivity index (χ3n) is 3.85. The second-order valence-electron chi connectivity index (χ2n) is 5.81. The van der Waals surface area contributed by atoms with Crippen LogP contribution in [0.15, 0.2) is 30.3 Å². The topological polar surface area (TPSA) is 68.0 Å². The van der Waals surface area contributed by atoms with E-state index in [4.69, 9.17) is 0 Å². The third kappa shape index (κ3) is 2.82. The summed E-state index contributed by atoms with van der Waals surface area (Å²) in [4.78, 5) is 11.9. The van der Waals surface area contributed by atoms with Gasteiger partial charge in [-0.25, -0.2) is 0 Å². The molecule has 1 aromatic carbocycles. The highest BCUT2D eigenvalue weighted by Gasteiger charge is 2.37. The maximum Gasteiger partial charge on any atom is 0.314 e. The second-order valence-corrected chi connectivity index (χ2v) is 5.81.